The molecule has 4 nitrogen and oxygen atoms in total. The molecule has 128 valence electrons. The summed E-state index contributed by atoms with van der Waals surface area (Å²) in [6.07, 6.45) is 0. The molecule has 5 heteroatoms. The maximum Gasteiger partial charge on any atom is 0.254 e. The number of aryl methyl sites for hydroxylation is 1. The normalized spacial score (nSPS) is 16.9. The van der Waals surface area contributed by atoms with Crippen LogP contribution in [-0.4, -0.2) is 49.0 Å². The van der Waals surface area contributed by atoms with E-state index in [2.05, 4.69) is 17.9 Å². The molecule has 1 saturated heterocycles. The van der Waals surface area contributed by atoms with E-state index >= 15 is 0 Å². The first-order chi connectivity index (χ1) is 11.6. The Morgan fingerprint density at radius 2 is 1.92 bits per heavy atom. The highest BCUT2D eigenvalue weighted by Crippen LogP contribution is 2.29. The highest BCUT2D eigenvalue weighted by Gasteiger charge is 2.26. The quantitative estimate of drug-likeness (QED) is 0.850. The number of para-hydroxylation sites is 1. The predicted molar refractivity (Wildman–Crippen MR) is 97.9 cm³/mol. The van der Waals surface area contributed by atoms with Gasteiger partial charge in [0.05, 0.1) is 12.7 Å². The van der Waals surface area contributed by atoms with Gasteiger partial charge in [0.15, 0.2) is 0 Å². The van der Waals surface area contributed by atoms with Crippen molar-refractivity contribution in [3.63, 3.8) is 0 Å². The summed E-state index contributed by atoms with van der Waals surface area (Å²) in [5.41, 5.74) is 2.02. The van der Waals surface area contributed by atoms with Crippen molar-refractivity contribution in [1.29, 1.82) is 0 Å². The molecule has 1 aliphatic heterocycles. The van der Waals surface area contributed by atoms with Crippen LogP contribution in [0.25, 0.3) is 0 Å². The third-order valence-electron chi connectivity index (χ3n) is 4.72. The number of rotatable bonds is 4. The van der Waals surface area contributed by atoms with Gasteiger partial charge in [0.1, 0.15) is 5.75 Å². The molecule has 2 heterocycles. The lowest BCUT2D eigenvalue weighted by Crippen LogP contribution is -2.49. The van der Waals surface area contributed by atoms with E-state index in [-0.39, 0.29) is 11.9 Å². The number of benzene rings is 1. The second-order valence-corrected chi connectivity index (χ2v) is 7.31. The third-order valence-corrected chi connectivity index (χ3v) is 5.58. The number of carbonyl (C=O) groups is 1. The predicted octanol–water partition coefficient (Wildman–Crippen LogP) is 3.58. The molecule has 0 N–H and O–H groups in total. The van der Waals surface area contributed by atoms with Crippen molar-refractivity contribution in [2.45, 2.75) is 19.9 Å². The minimum absolute atomic E-state index is 0.156. The van der Waals surface area contributed by atoms with Gasteiger partial charge < -0.3 is 9.64 Å². The molecule has 0 aliphatic carbocycles. The van der Waals surface area contributed by atoms with Gasteiger partial charge in [0.25, 0.3) is 5.91 Å². The van der Waals surface area contributed by atoms with Crippen LogP contribution in [-0.2, 0) is 0 Å². The highest BCUT2D eigenvalue weighted by molar-refractivity contribution is 7.10. The Morgan fingerprint density at radius 3 is 2.54 bits per heavy atom. The average molecular weight is 344 g/mol. The number of amides is 1. The highest BCUT2D eigenvalue weighted by atomic mass is 32.1. The van der Waals surface area contributed by atoms with Crippen molar-refractivity contribution in [2.24, 2.45) is 0 Å². The fourth-order valence-corrected chi connectivity index (χ4v) is 3.94. The van der Waals surface area contributed by atoms with E-state index in [9.17, 15) is 4.79 Å². The lowest BCUT2D eigenvalue weighted by atomic mass is 10.0. The van der Waals surface area contributed by atoms with Gasteiger partial charge in [-0.2, -0.15) is 0 Å². The van der Waals surface area contributed by atoms with Crippen LogP contribution in [0.5, 0.6) is 5.75 Å². The second kappa shape index (κ2) is 7.36. The monoisotopic (exact) mass is 344 g/mol. The molecule has 2 aromatic rings. The third kappa shape index (κ3) is 3.47. The summed E-state index contributed by atoms with van der Waals surface area (Å²) in [6.45, 7) is 7.55. The van der Waals surface area contributed by atoms with E-state index in [1.165, 1.54) is 10.4 Å². The average Bonchev–Trinajstić information content (AvgIpc) is 3.07. The van der Waals surface area contributed by atoms with Crippen LogP contribution in [0.2, 0.25) is 0 Å². The summed E-state index contributed by atoms with van der Waals surface area (Å²) in [4.78, 5) is 18.1. The summed E-state index contributed by atoms with van der Waals surface area (Å²) >= 11 is 1.63. The van der Waals surface area contributed by atoms with Gasteiger partial charge >= 0.3 is 0 Å². The van der Waals surface area contributed by atoms with Gasteiger partial charge in [-0.1, -0.05) is 18.2 Å². The fraction of sp³-hybridized carbons (Fsp3) is 0.421. The molecule has 1 fully saturated rings. The lowest BCUT2D eigenvalue weighted by Gasteiger charge is -2.38. The van der Waals surface area contributed by atoms with Crippen LogP contribution >= 0.6 is 11.3 Å². The first kappa shape index (κ1) is 17.0. The first-order valence-corrected chi connectivity index (χ1v) is 9.19. The summed E-state index contributed by atoms with van der Waals surface area (Å²) in [6, 6.07) is 10.4. The Balaban J connectivity index is 1.63. The van der Waals surface area contributed by atoms with Gasteiger partial charge in [-0.05, 0) is 26.0 Å². The summed E-state index contributed by atoms with van der Waals surface area (Å²) < 4.78 is 5.49. The van der Waals surface area contributed by atoms with Gasteiger partial charge in [0.2, 0.25) is 0 Å². The van der Waals surface area contributed by atoms with E-state index < -0.39 is 0 Å². The van der Waals surface area contributed by atoms with E-state index in [0.29, 0.717) is 0 Å². The molecule has 1 unspecified atom stereocenters. The molecular formula is C19H24N2O2S. The van der Waals surface area contributed by atoms with Crippen molar-refractivity contribution in [1.82, 2.24) is 9.80 Å². The van der Waals surface area contributed by atoms with E-state index in [0.717, 1.165) is 37.5 Å². The maximum absolute atomic E-state index is 12.6. The second-order valence-electron chi connectivity index (χ2n) is 6.19. The first-order valence-electron chi connectivity index (χ1n) is 8.31. The van der Waals surface area contributed by atoms with Gasteiger partial charge in [-0.3, -0.25) is 9.69 Å². The van der Waals surface area contributed by atoms with E-state index in [4.69, 9.17) is 4.74 Å². The Kier molecular flexibility index (Phi) is 5.21. The van der Waals surface area contributed by atoms with Crippen molar-refractivity contribution in [3.8, 4) is 5.75 Å². The Morgan fingerprint density at radius 1 is 1.21 bits per heavy atom. The molecule has 1 aliphatic rings. The number of carbonyl (C=O) groups excluding carboxylic acids is 1. The number of piperazine rings is 1. The van der Waals surface area contributed by atoms with Crippen LogP contribution in [0.1, 0.15) is 33.8 Å². The molecular weight excluding hydrogens is 320 g/mol. The molecule has 0 radical (unpaired) electrons. The molecule has 0 bridgehead atoms. The van der Waals surface area contributed by atoms with Crippen LogP contribution in [0, 0.1) is 6.92 Å². The van der Waals surface area contributed by atoms with Crippen LogP contribution in [0.4, 0.5) is 0 Å². The standard InChI is InChI=1S/C19H24N2O2S/c1-14-12-16(13-24-14)19(22)21-10-8-20(9-11-21)15(2)17-6-4-5-7-18(17)23-3/h4-7,12-13,15H,8-11H2,1-3H3. The van der Waals surface area contributed by atoms with E-state index in [1.54, 1.807) is 18.4 Å². The number of ether oxygens (including phenoxy) is 1. The zero-order chi connectivity index (χ0) is 17.1. The van der Waals surface area contributed by atoms with Crippen molar-refractivity contribution < 1.29 is 9.53 Å². The zero-order valence-electron chi connectivity index (χ0n) is 14.5. The number of methoxy groups -OCH3 is 1. The number of thiophene rings is 1. The van der Waals surface area contributed by atoms with Crippen LogP contribution < -0.4 is 4.74 Å². The number of nitrogens with zero attached hydrogens (tertiary/aromatic N) is 2. The topological polar surface area (TPSA) is 32.8 Å². The Bertz CT molecular complexity index is 705. The molecule has 0 saturated carbocycles. The Labute approximate surface area is 147 Å². The molecule has 0 spiro atoms. The SMILES string of the molecule is COc1ccccc1C(C)N1CCN(C(=O)c2csc(C)c2)CC1. The summed E-state index contributed by atoms with van der Waals surface area (Å²) in [5.74, 6) is 1.08. The van der Waals surface area contributed by atoms with Crippen molar-refractivity contribution in [2.75, 3.05) is 33.3 Å². The molecule has 1 aromatic carbocycles. The Hall–Kier alpha value is -1.85. The van der Waals surface area contributed by atoms with Gasteiger partial charge in [0, 0.05) is 48.0 Å². The largest absolute Gasteiger partial charge is 0.496 e. The van der Waals surface area contributed by atoms with Crippen molar-refractivity contribution >= 4 is 17.2 Å². The van der Waals surface area contributed by atoms with Gasteiger partial charge in [-0.15, -0.1) is 11.3 Å². The number of hydrogen-bond donors (Lipinski definition) is 0. The number of hydrogen-bond acceptors (Lipinski definition) is 4. The molecule has 24 heavy (non-hydrogen) atoms. The minimum atomic E-state index is 0.156. The molecule has 1 amide bonds. The zero-order valence-corrected chi connectivity index (χ0v) is 15.3. The molecule has 1 aromatic heterocycles. The van der Waals surface area contributed by atoms with Crippen LogP contribution in [0.15, 0.2) is 35.7 Å². The maximum atomic E-state index is 12.6. The van der Waals surface area contributed by atoms with E-state index in [1.807, 2.05) is 41.5 Å². The fourth-order valence-electron chi connectivity index (χ4n) is 3.26. The summed E-state index contributed by atoms with van der Waals surface area (Å²) in [5, 5.41) is 1.96. The summed E-state index contributed by atoms with van der Waals surface area (Å²) in [7, 11) is 1.71. The molecule has 3 rings (SSSR count). The van der Waals surface area contributed by atoms with Crippen molar-refractivity contribution in [3.05, 3.63) is 51.7 Å². The minimum Gasteiger partial charge on any atom is -0.496 e. The van der Waals surface area contributed by atoms with Crippen LogP contribution in [0.3, 0.4) is 0 Å². The lowest BCUT2D eigenvalue weighted by molar-refractivity contribution is 0.0580. The smallest absolute Gasteiger partial charge is 0.254 e. The molecule has 1 atom stereocenters. The van der Waals surface area contributed by atoms with Gasteiger partial charge in [-0.25, -0.2) is 0 Å².